The van der Waals surface area contributed by atoms with Crippen LogP contribution in [-0.2, 0) is 13.1 Å². The molecule has 0 amide bonds. The molecule has 0 saturated heterocycles. The largest absolute Gasteiger partial charge is 0.313 e. The molecule has 15 heavy (non-hydrogen) atoms. The van der Waals surface area contributed by atoms with Crippen LogP contribution in [0.1, 0.15) is 37.7 Å². The maximum Gasteiger partial charge on any atom is 0.0641 e. The van der Waals surface area contributed by atoms with Crippen LogP contribution in [-0.4, -0.2) is 16.3 Å². The minimum absolute atomic E-state index is 0.648. The van der Waals surface area contributed by atoms with Crippen LogP contribution in [0.3, 0.4) is 0 Å². The summed E-state index contributed by atoms with van der Waals surface area (Å²) in [5.41, 5.74) is 3.83. The number of hydrogen-bond acceptors (Lipinski definition) is 2. The predicted octanol–water partition coefficient (Wildman–Crippen LogP) is 2.27. The Morgan fingerprint density at radius 3 is 2.53 bits per heavy atom. The van der Waals surface area contributed by atoms with Crippen LogP contribution in [0.15, 0.2) is 0 Å². The number of nitrogens with one attached hydrogen (secondary N) is 1. The maximum atomic E-state index is 4.58. The van der Waals surface area contributed by atoms with E-state index in [1.54, 1.807) is 0 Å². The Hall–Kier alpha value is -0.830. The van der Waals surface area contributed by atoms with Gasteiger partial charge < -0.3 is 5.32 Å². The van der Waals surface area contributed by atoms with Crippen molar-refractivity contribution in [1.29, 1.82) is 0 Å². The van der Waals surface area contributed by atoms with E-state index in [0.717, 1.165) is 25.3 Å². The third-order valence-corrected chi connectivity index (χ3v) is 2.62. The Balaban J connectivity index is 2.83. The summed E-state index contributed by atoms with van der Waals surface area (Å²) in [6.07, 6.45) is 0. The number of rotatable bonds is 5. The van der Waals surface area contributed by atoms with Crippen molar-refractivity contribution in [1.82, 2.24) is 15.1 Å². The average Bonchev–Trinajstić information content (AvgIpc) is 2.39. The lowest BCUT2D eigenvalue weighted by Gasteiger charge is -2.08. The number of aryl methyl sites for hydroxylation is 1. The van der Waals surface area contributed by atoms with Crippen molar-refractivity contribution >= 4 is 0 Å². The van der Waals surface area contributed by atoms with E-state index in [0.29, 0.717) is 5.92 Å². The monoisotopic (exact) mass is 209 g/mol. The smallest absolute Gasteiger partial charge is 0.0641 e. The van der Waals surface area contributed by atoms with Gasteiger partial charge in [-0.1, -0.05) is 20.8 Å². The van der Waals surface area contributed by atoms with Crippen LogP contribution in [0.4, 0.5) is 0 Å². The molecule has 0 radical (unpaired) electrons. The fourth-order valence-corrected chi connectivity index (χ4v) is 1.76. The van der Waals surface area contributed by atoms with Gasteiger partial charge in [-0.15, -0.1) is 0 Å². The van der Waals surface area contributed by atoms with Crippen molar-refractivity contribution in [2.75, 3.05) is 6.54 Å². The SMILES string of the molecule is CCNCc1c(C)nn(CC(C)C)c1C. The third kappa shape index (κ3) is 3.06. The highest BCUT2D eigenvalue weighted by Gasteiger charge is 2.11. The Kier molecular flexibility index (Phi) is 4.33. The van der Waals surface area contributed by atoms with Gasteiger partial charge in [0.05, 0.1) is 5.69 Å². The summed E-state index contributed by atoms with van der Waals surface area (Å²) in [6, 6.07) is 0. The molecular formula is C12H23N3. The van der Waals surface area contributed by atoms with E-state index in [4.69, 9.17) is 0 Å². The number of aromatic nitrogens is 2. The van der Waals surface area contributed by atoms with Crippen molar-refractivity contribution in [3.63, 3.8) is 0 Å². The van der Waals surface area contributed by atoms with Gasteiger partial charge in [-0.25, -0.2) is 0 Å². The molecule has 0 spiro atoms. The van der Waals surface area contributed by atoms with Gasteiger partial charge in [0.15, 0.2) is 0 Å². The van der Waals surface area contributed by atoms with Gasteiger partial charge in [0.2, 0.25) is 0 Å². The zero-order valence-electron chi connectivity index (χ0n) is 10.6. The Morgan fingerprint density at radius 2 is 2.00 bits per heavy atom. The first-order chi connectivity index (χ1) is 7.06. The summed E-state index contributed by atoms with van der Waals surface area (Å²) in [5.74, 6) is 0.648. The van der Waals surface area contributed by atoms with Crippen LogP contribution in [0.25, 0.3) is 0 Å². The molecule has 3 nitrogen and oxygen atoms in total. The molecule has 1 N–H and O–H groups in total. The zero-order chi connectivity index (χ0) is 11.4. The summed E-state index contributed by atoms with van der Waals surface area (Å²) < 4.78 is 2.13. The molecule has 3 heteroatoms. The Labute approximate surface area is 92.9 Å². The highest BCUT2D eigenvalue weighted by atomic mass is 15.3. The summed E-state index contributed by atoms with van der Waals surface area (Å²) in [6.45, 7) is 13.8. The van der Waals surface area contributed by atoms with Gasteiger partial charge in [0, 0.05) is 24.3 Å². The summed E-state index contributed by atoms with van der Waals surface area (Å²) in [4.78, 5) is 0. The maximum absolute atomic E-state index is 4.58. The number of nitrogens with zero attached hydrogens (tertiary/aromatic N) is 2. The van der Waals surface area contributed by atoms with E-state index < -0.39 is 0 Å². The second kappa shape index (κ2) is 5.31. The molecule has 0 aliphatic rings. The number of hydrogen-bond donors (Lipinski definition) is 1. The van der Waals surface area contributed by atoms with Crippen molar-refractivity contribution < 1.29 is 0 Å². The van der Waals surface area contributed by atoms with Gasteiger partial charge in [-0.2, -0.15) is 5.10 Å². The third-order valence-electron chi connectivity index (χ3n) is 2.62. The molecule has 0 aromatic carbocycles. The van der Waals surface area contributed by atoms with Gasteiger partial charge in [0.25, 0.3) is 0 Å². The average molecular weight is 209 g/mol. The summed E-state index contributed by atoms with van der Waals surface area (Å²) >= 11 is 0. The first-order valence-corrected chi connectivity index (χ1v) is 5.79. The molecule has 1 aromatic rings. The second-order valence-electron chi connectivity index (χ2n) is 4.51. The van der Waals surface area contributed by atoms with E-state index >= 15 is 0 Å². The van der Waals surface area contributed by atoms with Crippen molar-refractivity contribution in [3.05, 3.63) is 17.0 Å². The van der Waals surface area contributed by atoms with Crippen LogP contribution < -0.4 is 5.32 Å². The molecular weight excluding hydrogens is 186 g/mol. The molecule has 0 saturated carbocycles. The molecule has 0 fully saturated rings. The van der Waals surface area contributed by atoms with Gasteiger partial charge >= 0.3 is 0 Å². The van der Waals surface area contributed by atoms with E-state index in [-0.39, 0.29) is 0 Å². The van der Waals surface area contributed by atoms with E-state index in [1.807, 2.05) is 0 Å². The van der Waals surface area contributed by atoms with E-state index in [1.165, 1.54) is 11.3 Å². The first-order valence-electron chi connectivity index (χ1n) is 5.79. The summed E-state index contributed by atoms with van der Waals surface area (Å²) in [5, 5.41) is 7.94. The highest BCUT2D eigenvalue weighted by molar-refractivity contribution is 5.24. The first kappa shape index (κ1) is 12.2. The van der Waals surface area contributed by atoms with Gasteiger partial charge in [0.1, 0.15) is 0 Å². The lowest BCUT2D eigenvalue weighted by Crippen LogP contribution is -2.13. The van der Waals surface area contributed by atoms with E-state index in [2.05, 4.69) is 49.7 Å². The van der Waals surface area contributed by atoms with Crippen LogP contribution >= 0.6 is 0 Å². The van der Waals surface area contributed by atoms with Gasteiger partial charge in [-0.3, -0.25) is 4.68 Å². The van der Waals surface area contributed by atoms with Crippen LogP contribution in [0, 0.1) is 19.8 Å². The molecule has 0 atom stereocenters. The molecule has 0 unspecified atom stereocenters. The predicted molar refractivity (Wildman–Crippen MR) is 63.9 cm³/mol. The van der Waals surface area contributed by atoms with Gasteiger partial charge in [-0.05, 0) is 26.3 Å². The standard InChI is InChI=1S/C12H23N3/c1-6-13-7-12-10(4)14-15(11(12)5)8-9(2)3/h9,13H,6-8H2,1-5H3. The molecule has 0 aliphatic carbocycles. The molecule has 1 heterocycles. The lowest BCUT2D eigenvalue weighted by molar-refractivity contribution is 0.472. The lowest BCUT2D eigenvalue weighted by atomic mass is 10.2. The minimum atomic E-state index is 0.648. The van der Waals surface area contributed by atoms with Crippen molar-refractivity contribution in [2.45, 2.75) is 47.7 Å². The quantitative estimate of drug-likeness (QED) is 0.806. The minimum Gasteiger partial charge on any atom is -0.313 e. The second-order valence-corrected chi connectivity index (χ2v) is 4.51. The Bertz CT molecular complexity index is 313. The molecule has 0 bridgehead atoms. The summed E-state index contributed by atoms with van der Waals surface area (Å²) in [7, 11) is 0. The normalized spacial score (nSPS) is 11.3. The molecule has 1 rings (SSSR count). The topological polar surface area (TPSA) is 29.9 Å². The van der Waals surface area contributed by atoms with E-state index in [9.17, 15) is 0 Å². The fourth-order valence-electron chi connectivity index (χ4n) is 1.76. The Morgan fingerprint density at radius 1 is 1.33 bits per heavy atom. The highest BCUT2D eigenvalue weighted by Crippen LogP contribution is 2.14. The fraction of sp³-hybridized carbons (Fsp3) is 0.750. The van der Waals surface area contributed by atoms with Crippen molar-refractivity contribution in [3.8, 4) is 0 Å². The molecule has 0 aliphatic heterocycles. The van der Waals surface area contributed by atoms with Crippen LogP contribution in [0.5, 0.6) is 0 Å². The zero-order valence-corrected chi connectivity index (χ0v) is 10.6. The van der Waals surface area contributed by atoms with Crippen LogP contribution in [0.2, 0.25) is 0 Å². The molecule has 86 valence electrons. The molecule has 1 aromatic heterocycles. The van der Waals surface area contributed by atoms with Crippen molar-refractivity contribution in [2.24, 2.45) is 5.92 Å².